The summed E-state index contributed by atoms with van der Waals surface area (Å²) in [6.07, 6.45) is 2.67. The maximum atomic E-state index is 12.5. The third-order valence-corrected chi connectivity index (χ3v) is 6.06. The van der Waals surface area contributed by atoms with Gasteiger partial charge in [-0.1, -0.05) is 18.1 Å². The van der Waals surface area contributed by atoms with Gasteiger partial charge in [0.1, 0.15) is 0 Å². The molecule has 0 saturated heterocycles. The summed E-state index contributed by atoms with van der Waals surface area (Å²) in [5.74, 6) is 0.120. The first-order chi connectivity index (χ1) is 8.49. The Morgan fingerprint density at radius 3 is 2.78 bits per heavy atom. The summed E-state index contributed by atoms with van der Waals surface area (Å²) in [5, 5.41) is 0. The van der Waals surface area contributed by atoms with Crippen LogP contribution in [0.3, 0.4) is 0 Å². The van der Waals surface area contributed by atoms with Crippen LogP contribution in [0.15, 0.2) is 23.1 Å². The van der Waals surface area contributed by atoms with Crippen molar-refractivity contribution in [1.82, 2.24) is 0 Å². The fourth-order valence-electron chi connectivity index (χ4n) is 3.26. The highest BCUT2D eigenvalue weighted by molar-refractivity contribution is 7.91. The predicted octanol–water partition coefficient (Wildman–Crippen LogP) is 2.38. The molecular weight excluding hydrogens is 248 g/mol. The fraction of sp³-hybridized carbons (Fsp3) is 0.500. The smallest absolute Gasteiger partial charge is 0.179 e. The molecule has 1 aromatic rings. The number of sulfone groups is 1. The molecule has 1 aliphatic carbocycles. The van der Waals surface area contributed by atoms with Crippen LogP contribution >= 0.6 is 0 Å². The molecule has 0 amide bonds. The Labute approximate surface area is 107 Å². The van der Waals surface area contributed by atoms with Gasteiger partial charge in [0, 0.05) is 11.5 Å². The lowest BCUT2D eigenvalue weighted by Gasteiger charge is -2.13. The van der Waals surface area contributed by atoms with Gasteiger partial charge in [-0.15, -0.1) is 0 Å². The lowest BCUT2D eigenvalue weighted by molar-refractivity contribution is 0.0897. The van der Waals surface area contributed by atoms with E-state index in [9.17, 15) is 13.2 Å². The van der Waals surface area contributed by atoms with Gasteiger partial charge >= 0.3 is 0 Å². The Hall–Kier alpha value is -1.16. The summed E-state index contributed by atoms with van der Waals surface area (Å²) in [6, 6.07) is 5.10. The SMILES string of the molecule is Cc1ccc2c(c1)C(=O)C1CCCC1CS2(=O)=O. The average molecular weight is 264 g/mol. The van der Waals surface area contributed by atoms with E-state index < -0.39 is 9.84 Å². The van der Waals surface area contributed by atoms with Crippen LogP contribution in [0.5, 0.6) is 0 Å². The third-order valence-electron chi connectivity index (χ3n) is 4.16. The second kappa shape index (κ2) is 3.92. The number of hydrogen-bond donors (Lipinski definition) is 0. The molecule has 0 spiro atoms. The number of ketones is 1. The number of Topliss-reactive ketones (excluding diaryl/α,β-unsaturated/α-hetero) is 1. The zero-order valence-corrected chi connectivity index (χ0v) is 11.2. The molecule has 0 bridgehead atoms. The molecule has 1 heterocycles. The first kappa shape index (κ1) is 11.9. The maximum Gasteiger partial charge on any atom is 0.179 e. The number of fused-ring (bicyclic) bond motifs is 2. The number of aryl methyl sites for hydroxylation is 1. The molecule has 1 aliphatic heterocycles. The van der Waals surface area contributed by atoms with Crippen molar-refractivity contribution >= 4 is 15.6 Å². The molecule has 0 aromatic heterocycles. The molecule has 0 radical (unpaired) electrons. The van der Waals surface area contributed by atoms with Crippen LogP contribution in [0.1, 0.15) is 35.2 Å². The van der Waals surface area contributed by atoms with E-state index in [1.807, 2.05) is 6.92 Å². The third kappa shape index (κ3) is 1.70. The van der Waals surface area contributed by atoms with Gasteiger partial charge in [0.05, 0.1) is 10.6 Å². The molecule has 96 valence electrons. The largest absolute Gasteiger partial charge is 0.294 e. The monoisotopic (exact) mass is 264 g/mol. The minimum absolute atomic E-state index is 0.0233. The molecule has 1 fully saturated rings. The van der Waals surface area contributed by atoms with E-state index in [1.165, 1.54) is 0 Å². The van der Waals surface area contributed by atoms with E-state index in [2.05, 4.69) is 0 Å². The van der Waals surface area contributed by atoms with Crippen LogP contribution in [0.25, 0.3) is 0 Å². The van der Waals surface area contributed by atoms with Crippen molar-refractivity contribution in [2.75, 3.05) is 5.75 Å². The summed E-state index contributed by atoms with van der Waals surface area (Å²) < 4.78 is 24.7. The quantitative estimate of drug-likeness (QED) is 0.723. The number of benzene rings is 1. The van der Waals surface area contributed by atoms with Gasteiger partial charge in [-0.2, -0.15) is 0 Å². The zero-order valence-electron chi connectivity index (χ0n) is 10.3. The lowest BCUT2D eigenvalue weighted by atomic mass is 9.89. The van der Waals surface area contributed by atoms with Gasteiger partial charge in [0.2, 0.25) is 0 Å². The standard InChI is InChI=1S/C14H16O3S/c1-9-5-6-13-12(7-9)14(15)11-4-2-3-10(11)8-18(13,16)17/h5-7,10-11H,2-4,8H2,1H3. The van der Waals surface area contributed by atoms with Gasteiger partial charge in [0.15, 0.2) is 15.6 Å². The summed E-state index contributed by atoms with van der Waals surface area (Å²) in [5.41, 5.74) is 1.36. The fourth-order valence-corrected chi connectivity index (χ4v) is 5.17. The molecule has 3 rings (SSSR count). The van der Waals surface area contributed by atoms with E-state index in [4.69, 9.17) is 0 Å². The van der Waals surface area contributed by atoms with Gasteiger partial charge < -0.3 is 0 Å². The van der Waals surface area contributed by atoms with Gasteiger partial charge in [-0.3, -0.25) is 4.79 Å². The molecule has 3 nitrogen and oxygen atoms in total. The lowest BCUT2D eigenvalue weighted by Crippen LogP contribution is -2.20. The Bertz CT molecular complexity index is 616. The summed E-state index contributed by atoms with van der Waals surface area (Å²) in [6.45, 7) is 1.89. The van der Waals surface area contributed by atoms with E-state index in [-0.39, 0.29) is 28.3 Å². The van der Waals surface area contributed by atoms with Crippen molar-refractivity contribution in [2.24, 2.45) is 11.8 Å². The zero-order chi connectivity index (χ0) is 12.9. The molecule has 4 heteroatoms. The molecule has 1 aromatic carbocycles. The molecule has 1 saturated carbocycles. The minimum Gasteiger partial charge on any atom is -0.294 e. The van der Waals surface area contributed by atoms with E-state index in [1.54, 1.807) is 18.2 Å². The van der Waals surface area contributed by atoms with Crippen molar-refractivity contribution in [3.63, 3.8) is 0 Å². The first-order valence-corrected chi connectivity index (χ1v) is 8.02. The number of carbonyl (C=O) groups is 1. The van der Waals surface area contributed by atoms with E-state index >= 15 is 0 Å². The van der Waals surface area contributed by atoms with Gasteiger partial charge in [-0.25, -0.2) is 8.42 Å². The summed E-state index contributed by atoms with van der Waals surface area (Å²) in [4.78, 5) is 12.7. The van der Waals surface area contributed by atoms with Gasteiger partial charge in [0.25, 0.3) is 0 Å². The molecule has 0 N–H and O–H groups in total. The number of rotatable bonds is 0. The predicted molar refractivity (Wildman–Crippen MR) is 68.4 cm³/mol. The van der Waals surface area contributed by atoms with Crippen molar-refractivity contribution in [2.45, 2.75) is 31.1 Å². The van der Waals surface area contributed by atoms with Crippen LogP contribution in [-0.2, 0) is 9.84 Å². The second-order valence-corrected chi connectivity index (χ2v) is 7.45. The van der Waals surface area contributed by atoms with E-state index in [0.717, 1.165) is 24.8 Å². The van der Waals surface area contributed by atoms with Crippen molar-refractivity contribution in [3.8, 4) is 0 Å². The van der Waals surface area contributed by atoms with Gasteiger partial charge in [-0.05, 0) is 37.8 Å². The van der Waals surface area contributed by atoms with Crippen molar-refractivity contribution in [1.29, 1.82) is 0 Å². The van der Waals surface area contributed by atoms with Crippen LogP contribution in [-0.4, -0.2) is 20.0 Å². The van der Waals surface area contributed by atoms with E-state index in [0.29, 0.717) is 5.56 Å². The summed E-state index contributed by atoms with van der Waals surface area (Å²) >= 11 is 0. The highest BCUT2D eigenvalue weighted by Gasteiger charge is 2.41. The van der Waals surface area contributed by atoms with Crippen LogP contribution in [0, 0.1) is 18.8 Å². The highest BCUT2D eigenvalue weighted by atomic mass is 32.2. The molecule has 2 atom stereocenters. The maximum absolute atomic E-state index is 12.5. The Morgan fingerprint density at radius 2 is 2.00 bits per heavy atom. The molecule has 2 unspecified atom stereocenters. The summed E-state index contributed by atoms with van der Waals surface area (Å²) in [7, 11) is -3.30. The minimum atomic E-state index is -3.30. The van der Waals surface area contributed by atoms with Crippen LogP contribution in [0.2, 0.25) is 0 Å². The number of carbonyl (C=O) groups excluding carboxylic acids is 1. The Kier molecular flexibility index (Phi) is 2.59. The Balaban J connectivity index is 2.24. The highest BCUT2D eigenvalue weighted by Crippen LogP contribution is 2.40. The van der Waals surface area contributed by atoms with Crippen molar-refractivity contribution in [3.05, 3.63) is 29.3 Å². The topological polar surface area (TPSA) is 51.2 Å². The van der Waals surface area contributed by atoms with Crippen LogP contribution in [0.4, 0.5) is 0 Å². The normalized spacial score (nSPS) is 29.5. The van der Waals surface area contributed by atoms with Crippen molar-refractivity contribution < 1.29 is 13.2 Å². The molecule has 2 aliphatic rings. The van der Waals surface area contributed by atoms with Crippen LogP contribution < -0.4 is 0 Å². The molecule has 18 heavy (non-hydrogen) atoms. The molecular formula is C14H16O3S. The second-order valence-electron chi connectivity index (χ2n) is 5.44. The average Bonchev–Trinajstić information content (AvgIpc) is 2.72. The Morgan fingerprint density at radius 1 is 1.22 bits per heavy atom. The number of hydrogen-bond acceptors (Lipinski definition) is 3. The first-order valence-electron chi connectivity index (χ1n) is 6.37.